The summed E-state index contributed by atoms with van der Waals surface area (Å²) in [5.74, 6) is 2.18. The highest BCUT2D eigenvalue weighted by molar-refractivity contribution is 5.88. The van der Waals surface area contributed by atoms with E-state index in [1.165, 1.54) is 0 Å². The molecular weight excluding hydrogens is 380 g/mol. The van der Waals surface area contributed by atoms with Gasteiger partial charge in [-0.2, -0.15) is 4.98 Å². The molecule has 2 unspecified atom stereocenters. The third kappa shape index (κ3) is 3.90. The average molecular weight is 409 g/mol. The fourth-order valence-corrected chi connectivity index (χ4v) is 5.28. The zero-order valence-corrected chi connectivity index (χ0v) is 17.2. The van der Waals surface area contributed by atoms with E-state index in [0.717, 1.165) is 63.8 Å². The molecular formula is C23H28N4O3. The van der Waals surface area contributed by atoms with Gasteiger partial charge in [0.15, 0.2) is 0 Å². The Morgan fingerprint density at radius 3 is 2.43 bits per heavy atom. The molecule has 30 heavy (non-hydrogen) atoms. The van der Waals surface area contributed by atoms with E-state index >= 15 is 0 Å². The SMILES string of the molecule is O=C1C2CCCC1CC(C(=O)N1CCN(Cc3nc(-c4ccccc4)no3)CC1)C2. The summed E-state index contributed by atoms with van der Waals surface area (Å²) in [6.45, 7) is 3.64. The van der Waals surface area contributed by atoms with Gasteiger partial charge in [0.2, 0.25) is 17.6 Å². The lowest BCUT2D eigenvalue weighted by Crippen LogP contribution is -2.51. The maximum atomic E-state index is 13.1. The van der Waals surface area contributed by atoms with Crippen LogP contribution in [0.25, 0.3) is 11.4 Å². The number of nitrogens with zero attached hydrogens (tertiary/aromatic N) is 4. The minimum Gasteiger partial charge on any atom is -0.340 e. The van der Waals surface area contributed by atoms with Crippen LogP contribution in [0.15, 0.2) is 34.9 Å². The van der Waals surface area contributed by atoms with Crippen LogP contribution in [0.3, 0.4) is 0 Å². The number of aromatic nitrogens is 2. The third-order valence-corrected chi connectivity index (χ3v) is 6.94. The van der Waals surface area contributed by atoms with Crippen molar-refractivity contribution in [2.75, 3.05) is 26.2 Å². The summed E-state index contributed by atoms with van der Waals surface area (Å²) in [5.41, 5.74) is 0.943. The van der Waals surface area contributed by atoms with E-state index in [0.29, 0.717) is 24.0 Å². The van der Waals surface area contributed by atoms with E-state index in [4.69, 9.17) is 4.52 Å². The van der Waals surface area contributed by atoms with Crippen molar-refractivity contribution in [2.45, 2.75) is 38.6 Å². The summed E-state index contributed by atoms with van der Waals surface area (Å²) < 4.78 is 5.43. The monoisotopic (exact) mass is 408 g/mol. The topological polar surface area (TPSA) is 79.5 Å². The fraction of sp³-hybridized carbons (Fsp3) is 0.565. The van der Waals surface area contributed by atoms with Gasteiger partial charge in [0.25, 0.3) is 0 Å². The van der Waals surface area contributed by atoms with Gasteiger partial charge in [-0.05, 0) is 25.7 Å². The second-order valence-corrected chi connectivity index (χ2v) is 8.87. The maximum absolute atomic E-state index is 13.1. The molecule has 2 saturated carbocycles. The fourth-order valence-electron chi connectivity index (χ4n) is 5.28. The zero-order valence-electron chi connectivity index (χ0n) is 17.2. The molecule has 1 aromatic heterocycles. The van der Waals surface area contributed by atoms with Crippen molar-refractivity contribution in [1.29, 1.82) is 0 Å². The Labute approximate surface area is 176 Å². The number of fused-ring (bicyclic) bond motifs is 2. The Morgan fingerprint density at radius 1 is 1.03 bits per heavy atom. The molecule has 5 rings (SSSR count). The molecule has 3 aliphatic rings. The van der Waals surface area contributed by atoms with Gasteiger partial charge in [0, 0.05) is 49.5 Å². The summed E-state index contributed by atoms with van der Waals surface area (Å²) >= 11 is 0. The van der Waals surface area contributed by atoms with Crippen LogP contribution in [0.4, 0.5) is 0 Å². The lowest BCUT2D eigenvalue weighted by molar-refractivity contribution is -0.144. The summed E-state index contributed by atoms with van der Waals surface area (Å²) in [4.78, 5) is 34.1. The molecule has 7 nitrogen and oxygen atoms in total. The zero-order chi connectivity index (χ0) is 20.5. The molecule has 158 valence electrons. The van der Waals surface area contributed by atoms with Crippen molar-refractivity contribution >= 4 is 11.7 Å². The van der Waals surface area contributed by atoms with E-state index in [1.54, 1.807) is 0 Å². The van der Waals surface area contributed by atoms with E-state index in [1.807, 2.05) is 35.2 Å². The highest BCUT2D eigenvalue weighted by atomic mass is 16.5. The van der Waals surface area contributed by atoms with Crippen molar-refractivity contribution in [1.82, 2.24) is 19.9 Å². The number of benzene rings is 1. The maximum Gasteiger partial charge on any atom is 0.241 e. The number of Topliss-reactive ketones (excluding diaryl/α,β-unsaturated/α-hetero) is 1. The molecule has 7 heteroatoms. The summed E-state index contributed by atoms with van der Waals surface area (Å²) in [5, 5.41) is 4.09. The van der Waals surface area contributed by atoms with Crippen LogP contribution in [0.2, 0.25) is 0 Å². The number of hydrogen-bond acceptors (Lipinski definition) is 6. The molecule has 0 radical (unpaired) electrons. The van der Waals surface area contributed by atoms with Gasteiger partial charge in [-0.1, -0.05) is 41.9 Å². The number of carbonyl (C=O) groups is 2. The molecule has 2 heterocycles. The second-order valence-electron chi connectivity index (χ2n) is 8.87. The van der Waals surface area contributed by atoms with Gasteiger partial charge in [-0.3, -0.25) is 14.5 Å². The van der Waals surface area contributed by atoms with Crippen LogP contribution in [0.5, 0.6) is 0 Å². The van der Waals surface area contributed by atoms with Crippen molar-refractivity contribution in [2.24, 2.45) is 17.8 Å². The standard InChI is InChI=1S/C23H28N4O3/c28-21-17-7-4-8-18(21)14-19(13-17)23(29)27-11-9-26(10-12-27)15-20-24-22(25-30-20)16-5-2-1-3-6-16/h1-3,5-6,17-19H,4,7-15H2. The number of piperazine rings is 1. The second kappa shape index (κ2) is 8.30. The minimum atomic E-state index is 0.0360. The van der Waals surface area contributed by atoms with Gasteiger partial charge in [-0.25, -0.2) is 0 Å². The molecule has 2 aromatic rings. The van der Waals surface area contributed by atoms with Gasteiger partial charge < -0.3 is 9.42 Å². The first-order valence-corrected chi connectivity index (χ1v) is 11.1. The van der Waals surface area contributed by atoms with Gasteiger partial charge in [0.1, 0.15) is 5.78 Å². The van der Waals surface area contributed by atoms with Crippen LogP contribution in [-0.4, -0.2) is 57.8 Å². The van der Waals surface area contributed by atoms with Crippen LogP contribution in [0, 0.1) is 17.8 Å². The molecule has 1 saturated heterocycles. The Hall–Kier alpha value is -2.54. The third-order valence-electron chi connectivity index (χ3n) is 6.94. The van der Waals surface area contributed by atoms with Gasteiger partial charge >= 0.3 is 0 Å². The molecule has 2 bridgehead atoms. The molecule has 1 aliphatic heterocycles. The van der Waals surface area contributed by atoms with Crippen molar-refractivity contribution in [3.63, 3.8) is 0 Å². The number of ketones is 1. The predicted molar refractivity (Wildman–Crippen MR) is 110 cm³/mol. The first-order valence-electron chi connectivity index (χ1n) is 11.1. The molecule has 2 aliphatic carbocycles. The van der Waals surface area contributed by atoms with Gasteiger partial charge in [0.05, 0.1) is 6.54 Å². The Kier molecular flexibility index (Phi) is 5.37. The van der Waals surface area contributed by atoms with Crippen molar-refractivity contribution < 1.29 is 14.1 Å². The number of amides is 1. The molecule has 0 N–H and O–H groups in total. The largest absolute Gasteiger partial charge is 0.340 e. The van der Waals surface area contributed by atoms with Crippen LogP contribution in [-0.2, 0) is 16.1 Å². The Morgan fingerprint density at radius 2 is 1.73 bits per heavy atom. The summed E-state index contributed by atoms with van der Waals surface area (Å²) in [6, 6.07) is 9.80. The van der Waals surface area contributed by atoms with Crippen molar-refractivity contribution in [3.8, 4) is 11.4 Å². The highest BCUT2D eigenvalue weighted by Gasteiger charge is 2.42. The van der Waals surface area contributed by atoms with E-state index in [2.05, 4.69) is 15.0 Å². The quantitative estimate of drug-likeness (QED) is 0.774. The van der Waals surface area contributed by atoms with Crippen LogP contribution in [0.1, 0.15) is 38.0 Å². The predicted octanol–water partition coefficient (Wildman–Crippen LogP) is 2.78. The highest BCUT2D eigenvalue weighted by Crippen LogP contribution is 2.40. The Balaban J connectivity index is 1.14. The number of carbonyl (C=O) groups excluding carboxylic acids is 2. The smallest absolute Gasteiger partial charge is 0.241 e. The lowest BCUT2D eigenvalue weighted by Gasteiger charge is -2.41. The molecule has 2 atom stereocenters. The van der Waals surface area contributed by atoms with Crippen molar-refractivity contribution in [3.05, 3.63) is 36.2 Å². The molecule has 1 amide bonds. The average Bonchev–Trinajstić information content (AvgIpc) is 3.23. The first-order chi connectivity index (χ1) is 14.7. The van der Waals surface area contributed by atoms with Crippen LogP contribution >= 0.6 is 0 Å². The van der Waals surface area contributed by atoms with Crippen LogP contribution < -0.4 is 0 Å². The van der Waals surface area contributed by atoms with Gasteiger partial charge in [-0.15, -0.1) is 0 Å². The molecule has 3 fully saturated rings. The Bertz CT molecular complexity index is 888. The van der Waals surface area contributed by atoms with E-state index in [9.17, 15) is 9.59 Å². The van der Waals surface area contributed by atoms with E-state index < -0.39 is 0 Å². The van der Waals surface area contributed by atoms with E-state index in [-0.39, 0.29) is 23.7 Å². The summed E-state index contributed by atoms with van der Waals surface area (Å²) in [7, 11) is 0. The lowest BCUT2D eigenvalue weighted by atomic mass is 9.67. The molecule has 1 aromatic carbocycles. The first kappa shape index (κ1) is 19.4. The minimum absolute atomic E-state index is 0.0360. The number of rotatable bonds is 4. The summed E-state index contributed by atoms with van der Waals surface area (Å²) in [6.07, 6.45) is 4.61. The molecule has 0 spiro atoms. The number of hydrogen-bond donors (Lipinski definition) is 0. The normalized spacial score (nSPS) is 27.3.